The topological polar surface area (TPSA) is 30.0 Å². The number of hydrogen-bond acceptors (Lipinski definition) is 2. The van der Waals surface area contributed by atoms with Gasteiger partial charge in [-0.2, -0.15) is 0 Å². The molecule has 0 aliphatic heterocycles. The fourth-order valence-corrected chi connectivity index (χ4v) is 1.99. The minimum absolute atomic E-state index is 0.252. The van der Waals surface area contributed by atoms with Crippen LogP contribution in [-0.2, 0) is 11.2 Å². The van der Waals surface area contributed by atoms with Gasteiger partial charge in [-0.25, -0.2) is 0 Å². The molecule has 1 heterocycles. The summed E-state index contributed by atoms with van der Waals surface area (Å²) in [4.78, 5) is 16.4. The molecule has 2 rings (SSSR count). The first-order valence-corrected chi connectivity index (χ1v) is 6.34. The molecule has 2 nitrogen and oxygen atoms in total. The molecule has 0 aliphatic rings. The number of aromatic nitrogens is 1. The number of benzene rings is 1. The summed E-state index contributed by atoms with van der Waals surface area (Å²) in [5.74, 6) is 0.301. The molecule has 0 bridgehead atoms. The molecule has 1 aromatic heterocycles. The van der Waals surface area contributed by atoms with E-state index in [1.807, 2.05) is 32.9 Å². The molecule has 2 aromatic rings. The van der Waals surface area contributed by atoms with Crippen molar-refractivity contribution in [2.45, 2.75) is 33.6 Å². The summed E-state index contributed by atoms with van der Waals surface area (Å²) < 4.78 is 0. The van der Waals surface area contributed by atoms with Crippen LogP contribution in [0.3, 0.4) is 0 Å². The van der Waals surface area contributed by atoms with E-state index >= 15 is 0 Å². The minimum atomic E-state index is -0.252. The molecule has 2 heteroatoms. The van der Waals surface area contributed by atoms with E-state index in [-0.39, 0.29) is 5.41 Å². The predicted octanol–water partition coefficient (Wildman–Crippen LogP) is 3.78. The first-order valence-electron chi connectivity index (χ1n) is 6.34. The summed E-state index contributed by atoms with van der Waals surface area (Å²) in [6.07, 6.45) is 3.15. The second-order valence-corrected chi connectivity index (χ2v) is 5.67. The van der Waals surface area contributed by atoms with Crippen LogP contribution in [0.5, 0.6) is 0 Å². The maximum absolute atomic E-state index is 12.0. The Morgan fingerprint density at radius 2 is 1.89 bits per heavy atom. The molecule has 94 valence electrons. The van der Waals surface area contributed by atoms with Gasteiger partial charge in [-0.3, -0.25) is 9.78 Å². The van der Waals surface area contributed by atoms with Crippen LogP contribution < -0.4 is 0 Å². The van der Waals surface area contributed by atoms with Gasteiger partial charge in [-0.15, -0.1) is 0 Å². The highest BCUT2D eigenvalue weighted by molar-refractivity contribution is 5.85. The molecule has 0 radical (unpaired) electrons. The number of Topliss-reactive ketones (excluding diaryl/α,β-unsaturated/α-hetero) is 1. The highest BCUT2D eigenvalue weighted by Gasteiger charge is 2.20. The number of carbonyl (C=O) groups is 1. The average molecular weight is 241 g/mol. The molecule has 0 spiro atoms. The SMILES string of the molecule is CC(C)(C)C(=O)CCc1cccc2cccnc12. The third-order valence-electron chi connectivity index (χ3n) is 3.17. The first kappa shape index (κ1) is 12.7. The van der Waals surface area contributed by atoms with Crippen molar-refractivity contribution >= 4 is 16.7 Å². The van der Waals surface area contributed by atoms with Crippen molar-refractivity contribution in [3.8, 4) is 0 Å². The normalized spacial score (nSPS) is 11.7. The second kappa shape index (κ2) is 4.89. The molecular formula is C16H19NO. The van der Waals surface area contributed by atoms with Gasteiger partial charge in [0.15, 0.2) is 0 Å². The lowest BCUT2D eigenvalue weighted by molar-refractivity contribution is -0.126. The van der Waals surface area contributed by atoms with E-state index in [2.05, 4.69) is 23.2 Å². The third kappa shape index (κ3) is 2.76. The number of pyridine rings is 1. The molecule has 0 atom stereocenters. The summed E-state index contributed by atoms with van der Waals surface area (Å²) in [6.45, 7) is 5.91. The van der Waals surface area contributed by atoms with Crippen molar-refractivity contribution < 1.29 is 4.79 Å². The van der Waals surface area contributed by atoms with E-state index in [0.29, 0.717) is 12.2 Å². The molecule has 1 aromatic carbocycles. The summed E-state index contributed by atoms with van der Waals surface area (Å²) in [5.41, 5.74) is 1.92. The van der Waals surface area contributed by atoms with Crippen molar-refractivity contribution in [1.29, 1.82) is 0 Å². The van der Waals surface area contributed by atoms with Crippen molar-refractivity contribution in [3.63, 3.8) is 0 Å². The van der Waals surface area contributed by atoms with Crippen LogP contribution in [0.15, 0.2) is 36.5 Å². The highest BCUT2D eigenvalue weighted by atomic mass is 16.1. The summed E-state index contributed by atoms with van der Waals surface area (Å²) in [7, 11) is 0. The number of ketones is 1. The Labute approximate surface area is 108 Å². The number of rotatable bonds is 3. The molecule has 0 aliphatic carbocycles. The third-order valence-corrected chi connectivity index (χ3v) is 3.17. The molecule has 0 amide bonds. The van der Waals surface area contributed by atoms with Gasteiger partial charge < -0.3 is 0 Å². The van der Waals surface area contributed by atoms with Gasteiger partial charge in [0.25, 0.3) is 0 Å². The average Bonchev–Trinajstić information content (AvgIpc) is 2.34. The highest BCUT2D eigenvalue weighted by Crippen LogP contribution is 2.21. The zero-order valence-electron chi connectivity index (χ0n) is 11.2. The van der Waals surface area contributed by atoms with E-state index in [0.717, 1.165) is 22.9 Å². The minimum Gasteiger partial charge on any atom is -0.299 e. The van der Waals surface area contributed by atoms with Crippen molar-refractivity contribution in [2.75, 3.05) is 0 Å². The number of aryl methyl sites for hydroxylation is 1. The Morgan fingerprint density at radius 3 is 2.61 bits per heavy atom. The summed E-state index contributed by atoms with van der Waals surface area (Å²) in [5, 5.41) is 1.14. The maximum Gasteiger partial charge on any atom is 0.138 e. The second-order valence-electron chi connectivity index (χ2n) is 5.67. The monoisotopic (exact) mass is 241 g/mol. The lowest BCUT2D eigenvalue weighted by Gasteiger charge is -2.16. The fourth-order valence-electron chi connectivity index (χ4n) is 1.99. The van der Waals surface area contributed by atoms with E-state index in [1.54, 1.807) is 6.20 Å². The number of fused-ring (bicyclic) bond motifs is 1. The van der Waals surface area contributed by atoms with Gasteiger partial charge in [0.05, 0.1) is 5.52 Å². The smallest absolute Gasteiger partial charge is 0.138 e. The van der Waals surface area contributed by atoms with Crippen LogP contribution in [0.2, 0.25) is 0 Å². The molecule has 0 saturated carbocycles. The van der Waals surface area contributed by atoms with Crippen molar-refractivity contribution in [2.24, 2.45) is 5.41 Å². The molecule has 0 saturated heterocycles. The van der Waals surface area contributed by atoms with Crippen LogP contribution in [0.1, 0.15) is 32.8 Å². The van der Waals surface area contributed by atoms with Gasteiger partial charge in [0.1, 0.15) is 5.78 Å². The predicted molar refractivity (Wildman–Crippen MR) is 74.5 cm³/mol. The zero-order chi connectivity index (χ0) is 13.2. The molecule has 0 N–H and O–H groups in total. The Kier molecular flexibility index (Phi) is 3.46. The van der Waals surface area contributed by atoms with Crippen LogP contribution in [0.4, 0.5) is 0 Å². The number of carbonyl (C=O) groups excluding carboxylic acids is 1. The summed E-state index contributed by atoms with van der Waals surface area (Å²) in [6, 6.07) is 10.1. The molecule has 0 unspecified atom stereocenters. The van der Waals surface area contributed by atoms with Crippen LogP contribution in [0.25, 0.3) is 10.9 Å². The van der Waals surface area contributed by atoms with Crippen LogP contribution >= 0.6 is 0 Å². The van der Waals surface area contributed by atoms with E-state index in [1.165, 1.54) is 0 Å². The Balaban J connectivity index is 2.20. The van der Waals surface area contributed by atoms with Gasteiger partial charge in [0, 0.05) is 23.4 Å². The maximum atomic E-state index is 12.0. The standard InChI is InChI=1S/C16H19NO/c1-16(2,3)14(18)10-9-13-7-4-6-12-8-5-11-17-15(12)13/h4-8,11H,9-10H2,1-3H3. The van der Waals surface area contributed by atoms with Crippen LogP contribution in [-0.4, -0.2) is 10.8 Å². The van der Waals surface area contributed by atoms with Gasteiger partial charge in [0.2, 0.25) is 0 Å². The van der Waals surface area contributed by atoms with Crippen LogP contribution in [0, 0.1) is 5.41 Å². The number of hydrogen-bond donors (Lipinski definition) is 0. The fraction of sp³-hybridized carbons (Fsp3) is 0.375. The molecule has 18 heavy (non-hydrogen) atoms. The largest absolute Gasteiger partial charge is 0.299 e. The lowest BCUT2D eigenvalue weighted by atomic mass is 9.87. The molecule has 0 fully saturated rings. The van der Waals surface area contributed by atoms with Crippen molar-refractivity contribution in [1.82, 2.24) is 4.98 Å². The van der Waals surface area contributed by atoms with E-state index in [4.69, 9.17) is 0 Å². The number of para-hydroxylation sites is 1. The zero-order valence-corrected chi connectivity index (χ0v) is 11.2. The van der Waals surface area contributed by atoms with Gasteiger partial charge in [-0.05, 0) is 18.1 Å². The Hall–Kier alpha value is -1.70. The van der Waals surface area contributed by atoms with E-state index < -0.39 is 0 Å². The van der Waals surface area contributed by atoms with Gasteiger partial charge >= 0.3 is 0 Å². The number of nitrogens with zero attached hydrogens (tertiary/aromatic N) is 1. The summed E-state index contributed by atoms with van der Waals surface area (Å²) >= 11 is 0. The molecular weight excluding hydrogens is 222 g/mol. The first-order chi connectivity index (χ1) is 8.48. The Bertz CT molecular complexity index is 561. The Morgan fingerprint density at radius 1 is 1.17 bits per heavy atom. The van der Waals surface area contributed by atoms with E-state index in [9.17, 15) is 4.79 Å². The van der Waals surface area contributed by atoms with Crippen molar-refractivity contribution in [3.05, 3.63) is 42.1 Å². The quantitative estimate of drug-likeness (QED) is 0.818. The lowest BCUT2D eigenvalue weighted by Crippen LogP contribution is -2.20. The van der Waals surface area contributed by atoms with Gasteiger partial charge in [-0.1, -0.05) is 45.0 Å².